The summed E-state index contributed by atoms with van der Waals surface area (Å²) < 4.78 is 40.7. The Kier molecular flexibility index (Phi) is 10.2. The first-order valence-electron chi connectivity index (χ1n) is 14.3. The van der Waals surface area contributed by atoms with Gasteiger partial charge in [-0.05, 0) is 54.4 Å². The molecule has 0 spiro atoms. The average Bonchev–Trinajstić information content (AvgIpc) is 3.01. The first kappa shape index (κ1) is 32.8. The fourth-order valence-corrected chi connectivity index (χ4v) is 6.81. The van der Waals surface area contributed by atoms with Crippen LogP contribution in [-0.4, -0.2) is 99.7 Å². The number of aliphatic hydroxyl groups excluding tert-OH is 1. The highest BCUT2D eigenvalue weighted by molar-refractivity contribution is 7.89. The van der Waals surface area contributed by atoms with Crippen LogP contribution < -0.4 is 14.8 Å². The number of hydrogen-bond acceptors (Lipinski definition) is 7. The molecular formula is C32H40N4O7S. The number of methoxy groups -OCH3 is 1. The van der Waals surface area contributed by atoms with Gasteiger partial charge in [0.05, 0.1) is 20.3 Å². The summed E-state index contributed by atoms with van der Waals surface area (Å²) in [6.07, 6.45) is -0.601. The van der Waals surface area contributed by atoms with Gasteiger partial charge in [0.1, 0.15) is 22.5 Å². The normalized spacial score (nSPS) is 18.5. The Hall–Kier alpha value is -4.13. The minimum atomic E-state index is -4.05. The zero-order valence-corrected chi connectivity index (χ0v) is 26.7. The van der Waals surface area contributed by atoms with E-state index in [4.69, 9.17) is 9.47 Å². The number of anilines is 1. The Morgan fingerprint density at radius 1 is 1.07 bits per heavy atom. The Morgan fingerprint density at radius 2 is 1.77 bits per heavy atom. The molecule has 0 saturated carbocycles. The van der Waals surface area contributed by atoms with Crippen LogP contribution in [0.25, 0.3) is 11.1 Å². The SMILES string of the molecule is COc1cccc(NC(=O)N(C)C[C@@H]2Oc3cc(-c4cccc(C(=O)N(C)C)c4)ccc3S(=O)(=O)N([C@@H](C)CO)C[C@H]2C)c1. The van der Waals surface area contributed by atoms with Gasteiger partial charge in [0.15, 0.2) is 0 Å². The highest BCUT2D eigenvalue weighted by atomic mass is 32.2. The molecule has 0 fully saturated rings. The maximum atomic E-state index is 13.9. The molecule has 11 nitrogen and oxygen atoms in total. The smallest absolute Gasteiger partial charge is 0.321 e. The van der Waals surface area contributed by atoms with Crippen LogP contribution in [0, 0.1) is 5.92 Å². The van der Waals surface area contributed by atoms with E-state index in [1.165, 1.54) is 20.2 Å². The summed E-state index contributed by atoms with van der Waals surface area (Å²) in [7, 11) is 2.48. The van der Waals surface area contributed by atoms with Gasteiger partial charge in [0.25, 0.3) is 5.91 Å². The van der Waals surface area contributed by atoms with Gasteiger partial charge in [0, 0.05) is 57.0 Å². The number of aliphatic hydroxyl groups is 1. The quantitative estimate of drug-likeness (QED) is 0.388. The Bertz CT molecular complexity index is 1610. The topological polar surface area (TPSA) is 129 Å². The van der Waals surface area contributed by atoms with E-state index in [0.29, 0.717) is 28.1 Å². The summed E-state index contributed by atoms with van der Waals surface area (Å²) in [5.41, 5.74) is 2.42. The lowest BCUT2D eigenvalue weighted by molar-refractivity contribution is 0.0827. The average molecular weight is 625 g/mol. The van der Waals surface area contributed by atoms with Crippen LogP contribution in [0.4, 0.5) is 10.5 Å². The summed E-state index contributed by atoms with van der Waals surface area (Å²) in [5.74, 6) is 0.212. The molecule has 12 heteroatoms. The van der Waals surface area contributed by atoms with Crippen molar-refractivity contribution in [3.8, 4) is 22.6 Å². The molecule has 236 valence electrons. The van der Waals surface area contributed by atoms with Crippen molar-refractivity contribution in [2.75, 3.05) is 53.3 Å². The Balaban J connectivity index is 1.70. The predicted molar refractivity (Wildman–Crippen MR) is 169 cm³/mol. The number of carbonyl (C=O) groups is 2. The van der Waals surface area contributed by atoms with E-state index in [9.17, 15) is 23.1 Å². The third-order valence-corrected chi connectivity index (χ3v) is 9.66. The van der Waals surface area contributed by atoms with Crippen molar-refractivity contribution in [2.24, 2.45) is 5.92 Å². The second-order valence-electron chi connectivity index (χ2n) is 11.2. The van der Waals surface area contributed by atoms with E-state index in [1.807, 2.05) is 13.0 Å². The van der Waals surface area contributed by atoms with Gasteiger partial charge in [-0.25, -0.2) is 13.2 Å². The summed E-state index contributed by atoms with van der Waals surface area (Å²) in [4.78, 5) is 28.7. The van der Waals surface area contributed by atoms with Crippen LogP contribution in [0.2, 0.25) is 0 Å². The lowest BCUT2D eigenvalue weighted by atomic mass is 10.0. The van der Waals surface area contributed by atoms with Gasteiger partial charge < -0.3 is 29.7 Å². The number of nitrogens with one attached hydrogen (secondary N) is 1. The summed E-state index contributed by atoms with van der Waals surface area (Å²) in [6.45, 7) is 3.37. The highest BCUT2D eigenvalue weighted by Gasteiger charge is 2.38. The summed E-state index contributed by atoms with van der Waals surface area (Å²) in [5, 5.41) is 12.8. The van der Waals surface area contributed by atoms with Crippen LogP contribution in [-0.2, 0) is 10.0 Å². The molecule has 0 radical (unpaired) electrons. The van der Waals surface area contributed by atoms with E-state index < -0.39 is 22.2 Å². The third-order valence-electron chi connectivity index (χ3n) is 7.64. The number of carbonyl (C=O) groups excluding carboxylic acids is 2. The number of hydrogen-bond donors (Lipinski definition) is 2. The van der Waals surface area contributed by atoms with Crippen LogP contribution in [0.15, 0.2) is 71.6 Å². The maximum Gasteiger partial charge on any atom is 0.321 e. The van der Waals surface area contributed by atoms with Crippen molar-refractivity contribution in [1.29, 1.82) is 0 Å². The van der Waals surface area contributed by atoms with Gasteiger partial charge in [-0.1, -0.05) is 31.2 Å². The molecule has 3 amide bonds. The lowest BCUT2D eigenvalue weighted by Crippen LogP contribution is -2.50. The summed E-state index contributed by atoms with van der Waals surface area (Å²) >= 11 is 0. The van der Waals surface area contributed by atoms with E-state index in [1.54, 1.807) is 89.8 Å². The Labute approximate surface area is 259 Å². The van der Waals surface area contributed by atoms with Gasteiger partial charge >= 0.3 is 6.03 Å². The van der Waals surface area contributed by atoms with Gasteiger partial charge in [-0.3, -0.25) is 4.79 Å². The van der Waals surface area contributed by atoms with Crippen LogP contribution in [0.5, 0.6) is 11.5 Å². The number of nitrogens with zero attached hydrogens (tertiary/aromatic N) is 3. The fraction of sp³-hybridized carbons (Fsp3) is 0.375. The lowest BCUT2D eigenvalue weighted by Gasteiger charge is -2.37. The number of amides is 3. The number of fused-ring (bicyclic) bond motifs is 1. The molecule has 3 aromatic rings. The molecule has 1 aliphatic rings. The second kappa shape index (κ2) is 13.7. The highest BCUT2D eigenvalue weighted by Crippen LogP contribution is 2.37. The summed E-state index contributed by atoms with van der Waals surface area (Å²) in [6, 6.07) is 17.8. The molecular weight excluding hydrogens is 584 g/mol. The van der Waals surface area contributed by atoms with Crippen molar-refractivity contribution in [1.82, 2.24) is 14.1 Å². The zero-order chi connectivity index (χ0) is 32.2. The molecule has 0 bridgehead atoms. The number of urea groups is 1. The zero-order valence-electron chi connectivity index (χ0n) is 25.9. The second-order valence-corrected chi connectivity index (χ2v) is 13.1. The van der Waals surface area contributed by atoms with E-state index >= 15 is 0 Å². The number of rotatable bonds is 8. The fourth-order valence-electron chi connectivity index (χ4n) is 4.99. The van der Waals surface area contributed by atoms with E-state index in [2.05, 4.69) is 5.32 Å². The van der Waals surface area contributed by atoms with Crippen LogP contribution >= 0.6 is 0 Å². The molecule has 3 aromatic carbocycles. The monoisotopic (exact) mass is 624 g/mol. The molecule has 1 heterocycles. The first-order valence-corrected chi connectivity index (χ1v) is 15.7. The molecule has 0 aliphatic carbocycles. The number of sulfonamides is 1. The largest absolute Gasteiger partial charge is 0.497 e. The molecule has 3 atom stereocenters. The molecule has 2 N–H and O–H groups in total. The molecule has 44 heavy (non-hydrogen) atoms. The van der Waals surface area contributed by atoms with Gasteiger partial charge in [-0.2, -0.15) is 4.31 Å². The van der Waals surface area contributed by atoms with Crippen molar-refractivity contribution in [2.45, 2.75) is 30.9 Å². The van der Waals surface area contributed by atoms with E-state index in [-0.39, 0.29) is 48.2 Å². The number of likely N-dealkylation sites (N-methyl/N-ethyl adjacent to an activating group) is 1. The minimum absolute atomic E-state index is 0.0394. The van der Waals surface area contributed by atoms with Crippen molar-refractivity contribution in [3.63, 3.8) is 0 Å². The number of benzene rings is 3. The molecule has 0 unspecified atom stereocenters. The first-order chi connectivity index (χ1) is 20.8. The Morgan fingerprint density at radius 3 is 2.45 bits per heavy atom. The van der Waals surface area contributed by atoms with Crippen LogP contribution in [0.1, 0.15) is 24.2 Å². The number of ether oxygens (including phenoxy) is 2. The molecule has 4 rings (SSSR count). The minimum Gasteiger partial charge on any atom is -0.497 e. The molecule has 1 aliphatic heterocycles. The molecule has 0 aromatic heterocycles. The standard InChI is InChI=1S/C32H40N4O7S/c1-21-18-36(22(2)20-37)44(40,41)30-14-13-24(23-9-7-10-25(15-23)31(38)34(3)4)16-28(30)43-29(21)19-35(5)32(39)33-26-11-8-12-27(17-26)42-6/h7-17,21-22,29,37H,18-20H2,1-6H3,(H,33,39)/t21-,22+,29+/m1/s1. The van der Waals surface area contributed by atoms with Gasteiger partial charge in [-0.15, -0.1) is 0 Å². The maximum absolute atomic E-state index is 13.9. The van der Waals surface area contributed by atoms with Crippen molar-refractivity contribution in [3.05, 3.63) is 72.3 Å². The van der Waals surface area contributed by atoms with Crippen molar-refractivity contribution >= 4 is 27.6 Å². The van der Waals surface area contributed by atoms with Gasteiger partial charge in [0.2, 0.25) is 10.0 Å². The van der Waals surface area contributed by atoms with Crippen molar-refractivity contribution < 1.29 is 32.6 Å². The third kappa shape index (κ3) is 7.15. The molecule has 0 saturated heterocycles. The van der Waals surface area contributed by atoms with E-state index in [0.717, 1.165) is 0 Å². The van der Waals surface area contributed by atoms with Crippen LogP contribution in [0.3, 0.4) is 0 Å². The predicted octanol–water partition coefficient (Wildman–Crippen LogP) is 4.00.